The molecule has 0 amide bonds. The van der Waals surface area contributed by atoms with Crippen molar-refractivity contribution < 1.29 is 14.0 Å². The second-order valence-corrected chi connectivity index (χ2v) is 5.78. The molecule has 1 saturated heterocycles. The Hall–Kier alpha value is -0.845. The van der Waals surface area contributed by atoms with Gasteiger partial charge in [-0.3, -0.25) is 0 Å². The minimum Gasteiger partial charge on any atom is -0.464 e. The molecule has 2 rings (SSSR count). The summed E-state index contributed by atoms with van der Waals surface area (Å²) in [7, 11) is -0.562. The Morgan fingerprint density at radius 3 is 2.32 bits per heavy atom. The van der Waals surface area contributed by atoms with E-state index in [-0.39, 0.29) is 11.2 Å². The lowest BCUT2D eigenvalue weighted by atomic mass is 9.81. The fourth-order valence-corrected chi connectivity index (χ4v) is 1.89. The summed E-state index contributed by atoms with van der Waals surface area (Å²) in [4.78, 5) is 8.17. The van der Waals surface area contributed by atoms with Gasteiger partial charge in [0.1, 0.15) is 5.15 Å². The predicted octanol–water partition coefficient (Wildman–Crippen LogP) is 1.83. The van der Waals surface area contributed by atoms with Gasteiger partial charge in [-0.05, 0) is 34.6 Å². The monoisotopic (exact) mass is 284 g/mol. The van der Waals surface area contributed by atoms with E-state index in [9.17, 15) is 0 Å². The van der Waals surface area contributed by atoms with Crippen LogP contribution in [0, 0.1) is 0 Å². The molecule has 0 bridgehead atoms. The van der Waals surface area contributed by atoms with Crippen LogP contribution in [-0.4, -0.2) is 34.9 Å². The molecular weight excluding hydrogens is 266 g/mol. The van der Waals surface area contributed by atoms with Crippen molar-refractivity contribution in [3.63, 3.8) is 0 Å². The highest BCUT2D eigenvalue weighted by molar-refractivity contribution is 6.65. The van der Waals surface area contributed by atoms with Crippen molar-refractivity contribution in [1.29, 1.82) is 0 Å². The molecule has 0 aromatic carbocycles. The van der Waals surface area contributed by atoms with Crippen LogP contribution in [-0.2, 0) is 9.31 Å². The topological polar surface area (TPSA) is 53.5 Å². The van der Waals surface area contributed by atoms with E-state index in [1.54, 1.807) is 6.20 Å². The number of hydrogen-bond donors (Lipinski definition) is 0. The Labute approximate surface area is 118 Å². The first kappa shape index (κ1) is 14.6. The van der Waals surface area contributed by atoms with Crippen molar-refractivity contribution in [1.82, 2.24) is 9.97 Å². The zero-order chi connectivity index (χ0) is 14.3. The summed E-state index contributed by atoms with van der Waals surface area (Å²) < 4.78 is 17.0. The maximum Gasteiger partial charge on any atom is 0.499 e. The standard InChI is InChI=1S/C12H18BClN2O3/c1-6-17-10-15-7-8(9(14)16-10)13-18-11(2,3)12(4,5)19-13/h7H,6H2,1-5H3. The quantitative estimate of drug-likeness (QED) is 0.626. The predicted molar refractivity (Wildman–Crippen MR) is 73.9 cm³/mol. The van der Waals surface area contributed by atoms with E-state index >= 15 is 0 Å². The third kappa shape index (κ3) is 2.71. The van der Waals surface area contributed by atoms with Crippen molar-refractivity contribution in [2.75, 3.05) is 6.61 Å². The van der Waals surface area contributed by atoms with Crippen molar-refractivity contribution in [3.05, 3.63) is 11.3 Å². The molecule has 0 radical (unpaired) electrons. The second-order valence-electron chi connectivity index (χ2n) is 5.42. The Morgan fingerprint density at radius 2 is 1.84 bits per heavy atom. The number of hydrogen-bond acceptors (Lipinski definition) is 5. The Kier molecular flexibility index (Phi) is 3.77. The molecule has 1 aromatic heterocycles. The van der Waals surface area contributed by atoms with E-state index in [4.69, 9.17) is 25.6 Å². The highest BCUT2D eigenvalue weighted by Gasteiger charge is 2.52. The summed E-state index contributed by atoms with van der Waals surface area (Å²) in [6.45, 7) is 10.3. The Morgan fingerprint density at radius 1 is 1.26 bits per heavy atom. The van der Waals surface area contributed by atoms with Gasteiger partial charge in [0, 0.05) is 11.7 Å². The van der Waals surface area contributed by atoms with Gasteiger partial charge >= 0.3 is 13.1 Å². The second kappa shape index (κ2) is 4.92. The van der Waals surface area contributed by atoms with Gasteiger partial charge in [0.25, 0.3) is 0 Å². The third-order valence-corrected chi connectivity index (χ3v) is 3.83. The van der Waals surface area contributed by atoms with Gasteiger partial charge in [-0.15, -0.1) is 0 Å². The number of nitrogens with zero attached hydrogens (tertiary/aromatic N) is 2. The van der Waals surface area contributed by atoms with E-state index in [2.05, 4.69) is 9.97 Å². The molecule has 2 heterocycles. The molecule has 0 aliphatic carbocycles. The molecule has 0 saturated carbocycles. The normalized spacial score (nSPS) is 20.6. The smallest absolute Gasteiger partial charge is 0.464 e. The van der Waals surface area contributed by atoms with Gasteiger partial charge in [-0.2, -0.15) is 4.98 Å². The number of halogens is 1. The zero-order valence-corrected chi connectivity index (χ0v) is 12.6. The van der Waals surface area contributed by atoms with Gasteiger partial charge < -0.3 is 14.0 Å². The fraction of sp³-hybridized carbons (Fsp3) is 0.667. The molecule has 1 aliphatic heterocycles. The van der Waals surface area contributed by atoms with E-state index < -0.39 is 18.3 Å². The van der Waals surface area contributed by atoms with Crippen LogP contribution in [0.3, 0.4) is 0 Å². The number of aromatic nitrogens is 2. The van der Waals surface area contributed by atoms with Crippen molar-refractivity contribution in [3.8, 4) is 6.01 Å². The highest BCUT2D eigenvalue weighted by atomic mass is 35.5. The minimum atomic E-state index is -0.562. The molecule has 0 spiro atoms. The molecule has 1 aliphatic rings. The molecule has 5 nitrogen and oxygen atoms in total. The Bertz CT molecular complexity index is 466. The lowest BCUT2D eigenvalue weighted by Crippen LogP contribution is -2.41. The molecule has 7 heteroatoms. The van der Waals surface area contributed by atoms with Gasteiger partial charge in [0.15, 0.2) is 0 Å². The van der Waals surface area contributed by atoms with Crippen LogP contribution in [0.4, 0.5) is 0 Å². The fourth-order valence-electron chi connectivity index (χ4n) is 1.68. The maximum atomic E-state index is 6.14. The molecule has 1 aromatic rings. The van der Waals surface area contributed by atoms with Crippen LogP contribution < -0.4 is 10.2 Å². The summed E-state index contributed by atoms with van der Waals surface area (Å²) in [6, 6.07) is 0.257. The number of ether oxygens (including phenoxy) is 1. The van der Waals surface area contributed by atoms with Crippen LogP contribution in [0.15, 0.2) is 6.20 Å². The van der Waals surface area contributed by atoms with E-state index in [1.807, 2.05) is 34.6 Å². The first-order valence-corrected chi connectivity index (χ1v) is 6.65. The van der Waals surface area contributed by atoms with Gasteiger partial charge in [0.05, 0.1) is 17.8 Å². The van der Waals surface area contributed by atoms with Gasteiger partial charge in [-0.25, -0.2) is 4.98 Å². The average molecular weight is 285 g/mol. The molecule has 0 unspecified atom stereocenters. The minimum absolute atomic E-state index is 0.257. The third-order valence-electron chi connectivity index (χ3n) is 3.53. The van der Waals surface area contributed by atoms with E-state index in [0.717, 1.165) is 0 Å². The molecule has 104 valence electrons. The largest absolute Gasteiger partial charge is 0.499 e. The highest BCUT2D eigenvalue weighted by Crippen LogP contribution is 2.36. The van der Waals surface area contributed by atoms with E-state index in [0.29, 0.717) is 12.1 Å². The molecular formula is C12H18BClN2O3. The number of rotatable bonds is 3. The van der Waals surface area contributed by atoms with Crippen molar-refractivity contribution >= 4 is 24.2 Å². The summed E-state index contributed by atoms with van der Waals surface area (Å²) >= 11 is 6.14. The van der Waals surface area contributed by atoms with Crippen LogP contribution in [0.25, 0.3) is 0 Å². The van der Waals surface area contributed by atoms with Gasteiger partial charge in [0.2, 0.25) is 0 Å². The van der Waals surface area contributed by atoms with Crippen molar-refractivity contribution in [2.45, 2.75) is 45.8 Å². The first-order valence-electron chi connectivity index (χ1n) is 6.27. The lowest BCUT2D eigenvalue weighted by Gasteiger charge is -2.32. The Balaban J connectivity index is 2.25. The maximum absolute atomic E-state index is 6.14. The zero-order valence-electron chi connectivity index (χ0n) is 11.9. The van der Waals surface area contributed by atoms with Crippen LogP contribution >= 0.6 is 11.6 Å². The summed E-state index contributed by atoms with van der Waals surface area (Å²) in [5.74, 6) is 0. The average Bonchev–Trinajstić information content (AvgIpc) is 2.48. The first-order chi connectivity index (χ1) is 8.77. The lowest BCUT2D eigenvalue weighted by molar-refractivity contribution is 0.00578. The molecule has 1 fully saturated rings. The van der Waals surface area contributed by atoms with Crippen LogP contribution in [0.5, 0.6) is 6.01 Å². The molecule has 19 heavy (non-hydrogen) atoms. The SMILES string of the molecule is CCOc1ncc(B2OC(C)(C)C(C)(C)O2)c(Cl)n1. The van der Waals surface area contributed by atoms with Gasteiger partial charge in [-0.1, -0.05) is 11.6 Å². The van der Waals surface area contributed by atoms with Crippen LogP contribution in [0.2, 0.25) is 5.15 Å². The van der Waals surface area contributed by atoms with Crippen LogP contribution in [0.1, 0.15) is 34.6 Å². The summed E-state index contributed by atoms with van der Waals surface area (Å²) in [6.07, 6.45) is 1.59. The van der Waals surface area contributed by atoms with E-state index in [1.165, 1.54) is 0 Å². The molecule has 0 atom stereocenters. The summed E-state index contributed by atoms with van der Waals surface area (Å²) in [5, 5.41) is 0.289. The molecule has 0 N–H and O–H groups in total. The summed E-state index contributed by atoms with van der Waals surface area (Å²) in [5.41, 5.74) is -0.220. The van der Waals surface area contributed by atoms with Crippen molar-refractivity contribution in [2.24, 2.45) is 0 Å².